The van der Waals surface area contributed by atoms with Gasteiger partial charge in [-0.3, -0.25) is 0 Å². The molecule has 0 spiro atoms. The fourth-order valence-electron chi connectivity index (χ4n) is 0.693. The van der Waals surface area contributed by atoms with Gasteiger partial charge >= 0.3 is 0 Å². The van der Waals surface area contributed by atoms with Gasteiger partial charge in [-0.25, -0.2) is 5.32 Å². The number of morpholine rings is 1. The number of hydrogen-bond donors (Lipinski definition) is 1. The van der Waals surface area contributed by atoms with Gasteiger partial charge in [-0.05, 0) is 0 Å². The normalized spacial score (nSPS) is 27.8. The van der Waals surface area contributed by atoms with Crippen LogP contribution in [-0.4, -0.2) is 30.8 Å². The van der Waals surface area contributed by atoms with Crippen molar-refractivity contribution in [2.24, 2.45) is 5.73 Å². The zero-order valence-corrected chi connectivity index (χ0v) is 5.86. The summed E-state index contributed by atoms with van der Waals surface area (Å²) in [5.41, 5.74) is 5.31. The predicted molar refractivity (Wildman–Crippen MR) is 38.4 cm³/mol. The minimum atomic E-state index is -0.103. The third kappa shape index (κ3) is 1.89. The number of nitrogens with two attached hydrogens (primary N) is 1. The smallest absolute Gasteiger partial charge is 0.121 e. The van der Waals surface area contributed by atoms with Gasteiger partial charge in [0.1, 0.15) is 11.1 Å². The molecule has 4 heteroatoms. The molecule has 0 aliphatic carbocycles. The van der Waals surface area contributed by atoms with Crippen molar-refractivity contribution in [1.82, 2.24) is 5.32 Å². The molecule has 1 fully saturated rings. The summed E-state index contributed by atoms with van der Waals surface area (Å²) in [6, 6.07) is 0. The molecule has 0 saturated carbocycles. The maximum Gasteiger partial charge on any atom is 0.121 e. The second kappa shape index (κ2) is 3.10. The van der Waals surface area contributed by atoms with Crippen molar-refractivity contribution in [3.8, 4) is 0 Å². The van der Waals surface area contributed by atoms with E-state index >= 15 is 0 Å². The van der Waals surface area contributed by atoms with Crippen molar-refractivity contribution in [2.75, 3.05) is 19.7 Å². The monoisotopic (exact) mass is 145 g/mol. The molecule has 51 valence electrons. The van der Waals surface area contributed by atoms with E-state index in [0.29, 0.717) is 18.1 Å². The van der Waals surface area contributed by atoms with E-state index in [4.69, 9.17) is 22.7 Å². The standard InChI is InChI=1S/C5H9N2OS/c6-5(9)4-3-7-1-2-8-4/h4H,1-3H2,(H2,6,9). The van der Waals surface area contributed by atoms with Crippen LogP contribution in [0, 0.1) is 0 Å². The fourth-order valence-corrected chi connectivity index (χ4v) is 0.835. The van der Waals surface area contributed by atoms with Crippen molar-refractivity contribution in [3.05, 3.63) is 0 Å². The molecule has 0 amide bonds. The van der Waals surface area contributed by atoms with E-state index in [1.807, 2.05) is 0 Å². The summed E-state index contributed by atoms with van der Waals surface area (Å²) in [4.78, 5) is 0.415. The van der Waals surface area contributed by atoms with Crippen LogP contribution in [0.25, 0.3) is 0 Å². The van der Waals surface area contributed by atoms with Crippen LogP contribution in [0.2, 0.25) is 0 Å². The number of hydrogen-bond acceptors (Lipinski definition) is 2. The number of ether oxygens (including phenoxy) is 1. The lowest BCUT2D eigenvalue weighted by atomic mass is 10.3. The summed E-state index contributed by atoms with van der Waals surface area (Å²) in [6.07, 6.45) is -0.103. The molecule has 1 heterocycles. The third-order valence-corrected chi connectivity index (χ3v) is 1.44. The van der Waals surface area contributed by atoms with Gasteiger partial charge in [-0.1, -0.05) is 12.2 Å². The van der Waals surface area contributed by atoms with Crippen molar-refractivity contribution in [3.63, 3.8) is 0 Å². The quantitative estimate of drug-likeness (QED) is 0.495. The van der Waals surface area contributed by atoms with Crippen molar-refractivity contribution in [2.45, 2.75) is 6.10 Å². The van der Waals surface area contributed by atoms with Crippen LogP contribution in [0.15, 0.2) is 0 Å². The van der Waals surface area contributed by atoms with Crippen LogP contribution < -0.4 is 11.1 Å². The minimum absolute atomic E-state index is 0.103. The number of thiocarbonyl (C=S) groups is 1. The van der Waals surface area contributed by atoms with E-state index in [2.05, 4.69) is 5.32 Å². The second-order valence-corrected chi connectivity index (χ2v) is 2.36. The van der Waals surface area contributed by atoms with Gasteiger partial charge in [-0.2, -0.15) is 0 Å². The highest BCUT2D eigenvalue weighted by Gasteiger charge is 2.15. The highest BCUT2D eigenvalue weighted by molar-refractivity contribution is 7.80. The first-order valence-electron chi connectivity index (χ1n) is 2.85. The van der Waals surface area contributed by atoms with Gasteiger partial charge in [-0.15, -0.1) is 0 Å². The van der Waals surface area contributed by atoms with Crippen molar-refractivity contribution >= 4 is 17.2 Å². The highest BCUT2D eigenvalue weighted by Crippen LogP contribution is 1.95. The zero-order valence-electron chi connectivity index (χ0n) is 5.04. The molecule has 1 radical (unpaired) electrons. The summed E-state index contributed by atoms with van der Waals surface area (Å²) < 4.78 is 5.18. The van der Waals surface area contributed by atoms with Gasteiger partial charge in [0.15, 0.2) is 0 Å². The number of rotatable bonds is 1. The van der Waals surface area contributed by atoms with Crippen LogP contribution in [0.5, 0.6) is 0 Å². The maximum atomic E-state index is 5.31. The van der Waals surface area contributed by atoms with E-state index < -0.39 is 0 Å². The van der Waals surface area contributed by atoms with Gasteiger partial charge < -0.3 is 10.5 Å². The number of nitrogens with zero attached hydrogens (tertiary/aromatic N) is 1. The van der Waals surface area contributed by atoms with E-state index in [0.717, 1.165) is 6.54 Å². The summed E-state index contributed by atoms with van der Waals surface area (Å²) >= 11 is 4.71. The Morgan fingerprint density at radius 1 is 1.78 bits per heavy atom. The van der Waals surface area contributed by atoms with Crippen LogP contribution >= 0.6 is 12.2 Å². The first-order valence-corrected chi connectivity index (χ1v) is 3.25. The Labute approximate surface area is 59.6 Å². The van der Waals surface area contributed by atoms with Crippen LogP contribution in [-0.2, 0) is 4.74 Å². The second-order valence-electron chi connectivity index (χ2n) is 1.89. The first kappa shape index (κ1) is 6.92. The molecule has 0 aromatic heterocycles. The maximum absolute atomic E-state index is 5.31. The van der Waals surface area contributed by atoms with E-state index in [1.54, 1.807) is 0 Å². The average Bonchev–Trinajstić information content (AvgIpc) is 1.90. The molecule has 2 N–H and O–H groups in total. The van der Waals surface area contributed by atoms with Gasteiger partial charge in [0.05, 0.1) is 6.61 Å². The lowest BCUT2D eigenvalue weighted by molar-refractivity contribution is 0.0702. The Morgan fingerprint density at radius 2 is 2.56 bits per heavy atom. The Kier molecular flexibility index (Phi) is 2.38. The SMILES string of the molecule is NC(=S)C1C[N]CCO1. The molecule has 1 rings (SSSR count). The summed E-state index contributed by atoms with van der Waals surface area (Å²) in [5, 5.41) is 4.09. The molecule has 3 nitrogen and oxygen atoms in total. The molecule has 0 aromatic rings. The molecule has 1 unspecified atom stereocenters. The van der Waals surface area contributed by atoms with E-state index in [1.165, 1.54) is 0 Å². The third-order valence-electron chi connectivity index (χ3n) is 1.18. The molecule has 1 aliphatic rings. The Hall–Kier alpha value is -0.190. The topological polar surface area (TPSA) is 49.4 Å². The first-order chi connectivity index (χ1) is 4.30. The summed E-state index contributed by atoms with van der Waals surface area (Å²) in [7, 11) is 0. The average molecular weight is 145 g/mol. The Bertz CT molecular complexity index is 112. The van der Waals surface area contributed by atoms with Gasteiger partial charge in [0.25, 0.3) is 0 Å². The Morgan fingerprint density at radius 3 is 2.89 bits per heavy atom. The highest BCUT2D eigenvalue weighted by atomic mass is 32.1. The molecule has 1 atom stereocenters. The molecule has 1 saturated heterocycles. The zero-order chi connectivity index (χ0) is 6.69. The molecule has 9 heavy (non-hydrogen) atoms. The van der Waals surface area contributed by atoms with Crippen LogP contribution in [0.1, 0.15) is 0 Å². The van der Waals surface area contributed by atoms with Crippen LogP contribution in [0.4, 0.5) is 0 Å². The predicted octanol–water partition coefficient (Wildman–Crippen LogP) is -0.724. The molecular weight excluding hydrogens is 136 g/mol. The minimum Gasteiger partial charge on any atom is -0.391 e. The molecular formula is C5H9N2OS. The Balaban J connectivity index is 2.31. The van der Waals surface area contributed by atoms with Gasteiger partial charge in [0.2, 0.25) is 0 Å². The van der Waals surface area contributed by atoms with E-state index in [-0.39, 0.29) is 6.10 Å². The summed E-state index contributed by atoms with van der Waals surface area (Å²) in [6.45, 7) is 2.07. The molecule has 1 aliphatic heterocycles. The van der Waals surface area contributed by atoms with Gasteiger partial charge in [0, 0.05) is 13.1 Å². The fraction of sp³-hybridized carbons (Fsp3) is 0.800. The van der Waals surface area contributed by atoms with Crippen molar-refractivity contribution < 1.29 is 4.74 Å². The van der Waals surface area contributed by atoms with E-state index in [9.17, 15) is 0 Å². The largest absolute Gasteiger partial charge is 0.391 e. The molecule has 0 aromatic carbocycles. The lowest BCUT2D eigenvalue weighted by Gasteiger charge is -2.20. The lowest BCUT2D eigenvalue weighted by Crippen LogP contribution is -2.42. The van der Waals surface area contributed by atoms with Crippen molar-refractivity contribution in [1.29, 1.82) is 0 Å². The summed E-state index contributed by atoms with van der Waals surface area (Å²) in [5.74, 6) is 0. The molecule has 0 bridgehead atoms. The van der Waals surface area contributed by atoms with Crippen LogP contribution in [0.3, 0.4) is 0 Å².